The molecule has 7 aromatic rings. The number of halogens is 6. The van der Waals surface area contributed by atoms with Gasteiger partial charge in [-0.1, -0.05) is 12.1 Å². The number of hydrogen-bond donors (Lipinski definition) is 2. The number of nitrogens with one attached hydrogen (secondary N) is 2. The maximum Gasteiger partial charge on any atom is 0.295 e. The summed E-state index contributed by atoms with van der Waals surface area (Å²) < 4.78 is 146. The van der Waals surface area contributed by atoms with Crippen molar-refractivity contribution in [1.82, 2.24) is 38.6 Å². The summed E-state index contributed by atoms with van der Waals surface area (Å²) in [5, 5.41) is 6.32. The highest BCUT2D eigenvalue weighted by atomic mass is 32.2. The molecule has 2 aliphatic carbocycles. The first kappa shape index (κ1) is 57.5. The Morgan fingerprint density at radius 2 is 1.22 bits per heavy atom. The molecule has 2 aliphatic heterocycles. The molecule has 20 nitrogen and oxygen atoms in total. The van der Waals surface area contributed by atoms with Crippen LogP contribution in [0, 0.1) is 11.8 Å². The molecule has 0 bridgehead atoms. The van der Waals surface area contributed by atoms with Crippen LogP contribution in [0.2, 0.25) is 0 Å². The third-order valence-corrected chi connectivity index (χ3v) is 17.1. The fourth-order valence-corrected chi connectivity index (χ4v) is 10.9. The molecular formula is C54H57F6N13O7S2. The van der Waals surface area contributed by atoms with Gasteiger partial charge in [-0.05, 0) is 68.5 Å². The Bertz CT molecular complexity index is 3900. The first-order chi connectivity index (χ1) is 38.8. The first-order valence-electron chi connectivity index (χ1n) is 26.0. The van der Waals surface area contributed by atoms with Crippen molar-refractivity contribution in [2.45, 2.75) is 82.8 Å². The van der Waals surface area contributed by atoms with E-state index in [-0.39, 0.29) is 94.7 Å². The van der Waals surface area contributed by atoms with Gasteiger partial charge >= 0.3 is 0 Å². The minimum atomic E-state index is -3.73. The molecule has 82 heavy (non-hydrogen) atoms. The number of aromatic nitrogens is 8. The number of pyridine rings is 2. The number of sulfonamides is 2. The second-order valence-corrected chi connectivity index (χ2v) is 24.8. The van der Waals surface area contributed by atoms with E-state index in [9.17, 15) is 52.8 Å². The molecule has 4 aliphatic rings. The van der Waals surface area contributed by atoms with Gasteiger partial charge in [0.05, 0.1) is 118 Å². The molecule has 2 aromatic carbocycles. The van der Waals surface area contributed by atoms with Gasteiger partial charge in [-0.3, -0.25) is 27.8 Å². The largest absolute Gasteiger partial charge is 0.358 e. The number of Topliss-reactive ketones (excluding diaryl/α,β-unsaturated/α-hetero) is 2. The van der Waals surface area contributed by atoms with Gasteiger partial charge in [-0.15, -0.1) is 0 Å². The van der Waals surface area contributed by atoms with Gasteiger partial charge in [0.1, 0.15) is 41.3 Å². The Hall–Kier alpha value is -7.72. The van der Waals surface area contributed by atoms with Crippen molar-refractivity contribution in [3.63, 3.8) is 0 Å². The maximum absolute atomic E-state index is 14.4. The van der Waals surface area contributed by atoms with Crippen LogP contribution in [0.1, 0.15) is 67.7 Å². The van der Waals surface area contributed by atoms with Crippen molar-refractivity contribution in [3.05, 3.63) is 96.5 Å². The summed E-state index contributed by atoms with van der Waals surface area (Å²) in [6.45, 7) is 0.389. The molecule has 3 unspecified atom stereocenters. The van der Waals surface area contributed by atoms with Gasteiger partial charge in [0.2, 0.25) is 20.0 Å². The Balaban J connectivity index is 0.000000186. The Labute approximate surface area is 467 Å². The number of hydrogen-bond acceptors (Lipinski definition) is 15. The van der Waals surface area contributed by atoms with Crippen LogP contribution < -0.4 is 19.2 Å². The lowest BCUT2D eigenvalue weighted by Crippen LogP contribution is -2.25. The second kappa shape index (κ2) is 22.6. The molecule has 2 N–H and O–H groups in total. The Kier molecular flexibility index (Phi) is 15.8. The highest BCUT2D eigenvalue weighted by Crippen LogP contribution is 2.44. The van der Waals surface area contributed by atoms with E-state index in [0.29, 0.717) is 46.9 Å². The average Bonchev–Trinajstić information content (AvgIpc) is 4.18. The average molecular weight is 1180 g/mol. The molecule has 434 valence electrons. The molecule has 11 rings (SSSR count). The smallest absolute Gasteiger partial charge is 0.295 e. The zero-order valence-corrected chi connectivity index (χ0v) is 46.8. The predicted molar refractivity (Wildman–Crippen MR) is 296 cm³/mol. The van der Waals surface area contributed by atoms with Crippen molar-refractivity contribution in [2.24, 2.45) is 30.9 Å². The van der Waals surface area contributed by atoms with Gasteiger partial charge in [0.25, 0.3) is 12.9 Å². The quantitative estimate of drug-likeness (QED) is 0.0719. The number of rotatable bonds is 19. The van der Waals surface area contributed by atoms with Gasteiger partial charge in [0.15, 0.2) is 11.5 Å². The zero-order chi connectivity index (χ0) is 58.7. The summed E-state index contributed by atoms with van der Waals surface area (Å²) in [6.07, 6.45) is 1.69. The molecule has 3 fully saturated rings. The summed E-state index contributed by atoms with van der Waals surface area (Å²) in [5.41, 5.74) is 5.52. The third-order valence-electron chi connectivity index (χ3n) is 14.7. The van der Waals surface area contributed by atoms with Crippen molar-refractivity contribution >= 4 is 88.3 Å². The fraction of sp³-hybridized carbons (Fsp3) is 0.407. The van der Waals surface area contributed by atoms with Crippen molar-refractivity contribution in [3.8, 4) is 22.5 Å². The van der Waals surface area contributed by atoms with Gasteiger partial charge < -0.3 is 24.5 Å². The molecule has 0 spiro atoms. The number of aryl methyl sites for hydroxylation is 2. The van der Waals surface area contributed by atoms with Crippen LogP contribution in [0.3, 0.4) is 0 Å². The second-order valence-electron chi connectivity index (χ2n) is 20.8. The number of benzene rings is 2. The molecular weight excluding hydrogens is 1120 g/mol. The number of anilines is 6. The van der Waals surface area contributed by atoms with Gasteiger partial charge in [0, 0.05) is 65.2 Å². The minimum absolute atomic E-state index is 0.0946. The zero-order valence-electron chi connectivity index (χ0n) is 45.2. The Morgan fingerprint density at radius 3 is 1.67 bits per heavy atom. The van der Waals surface area contributed by atoms with Gasteiger partial charge in [-0.2, -0.15) is 0 Å². The van der Waals surface area contributed by atoms with Crippen LogP contribution in [0.4, 0.5) is 66.2 Å². The lowest BCUT2D eigenvalue weighted by Gasteiger charge is -2.25. The lowest BCUT2D eigenvalue weighted by atomic mass is 10.1. The van der Waals surface area contributed by atoms with Crippen molar-refractivity contribution in [1.29, 1.82) is 0 Å². The number of fused-ring (bicyclic) bond motifs is 2. The number of carbonyl (C=O) groups is 2. The van der Waals surface area contributed by atoms with Crippen LogP contribution in [0.5, 0.6) is 0 Å². The topological polar surface area (TPSA) is 234 Å². The molecule has 5 atom stereocenters. The highest BCUT2D eigenvalue weighted by Gasteiger charge is 2.44. The SMILES string of the molecule is CN(c1cc(-c2cncn2C)ccc1Nc1cc(CC(=O)C2C[C@@H]2F)nc2c1N=C(C(F)F)C2)S(C)(=O)=O.CN(c1cc(-c2cncn2C)ccc1Nc1cc(CC(=O)C2C[C@@H]2F)nc2c1nc(C(F)F)n2C1CCCCO1)S(C)(=O)=O. The summed E-state index contributed by atoms with van der Waals surface area (Å²) >= 11 is 0. The van der Waals surface area contributed by atoms with E-state index in [1.165, 1.54) is 30.8 Å². The van der Waals surface area contributed by atoms with Crippen molar-refractivity contribution < 1.29 is 57.5 Å². The number of nitrogens with zero attached hydrogens (tertiary/aromatic N) is 11. The summed E-state index contributed by atoms with van der Waals surface area (Å²) in [7, 11) is -0.978. The molecule has 5 aromatic heterocycles. The van der Waals surface area contributed by atoms with Crippen LogP contribution in [-0.2, 0) is 67.7 Å². The van der Waals surface area contributed by atoms with E-state index in [1.54, 1.807) is 70.6 Å². The predicted octanol–water partition coefficient (Wildman–Crippen LogP) is 9.06. The van der Waals surface area contributed by atoms with E-state index in [2.05, 4.69) is 40.5 Å². The number of alkyl halides is 6. The monoisotopic (exact) mass is 1180 g/mol. The van der Waals surface area contributed by atoms with E-state index in [1.807, 2.05) is 14.1 Å². The van der Waals surface area contributed by atoms with Crippen LogP contribution in [0.25, 0.3) is 33.7 Å². The normalized spacial score (nSPS) is 19.4. The van der Waals surface area contributed by atoms with E-state index in [4.69, 9.17) is 4.74 Å². The summed E-state index contributed by atoms with van der Waals surface area (Å²) in [5.74, 6) is -2.54. The van der Waals surface area contributed by atoms with E-state index in [0.717, 1.165) is 45.4 Å². The van der Waals surface area contributed by atoms with E-state index >= 15 is 0 Å². The first-order valence-corrected chi connectivity index (χ1v) is 29.7. The van der Waals surface area contributed by atoms with Crippen LogP contribution in [-0.4, -0.2) is 125 Å². The number of ketones is 2. The number of imidazole rings is 3. The third kappa shape index (κ3) is 12.1. The standard InChI is InChI=1S/C29H32F3N7O4S.C25H25F3N6O3S/c1-37-15-33-14-23(37)16-7-8-20(22(10-16)38(2)44(3,41)42)35-21-11-17(12-24(40)18-13-19(18)30)34-28-26(21)36-29(27(31)32)39(28)25-6-4-5-9-43-25;1-33-12-29-11-22(33)13-4-5-17(21(6-13)34(2)38(3,36)37)31-18-7-14(8-23(35)15-9-16(15)26)30-19-10-20(25(27)28)32-24(18)19/h7-8,10-11,14-15,18-19,25,27H,4-6,9,12-13H2,1-3H3,(H,34,35);4-7,11-12,15-16,25H,8-10H2,1-3H3,(H,30,31)/t18?,19-,25?;15?,16-/m00/s1. The molecule has 0 radical (unpaired) electrons. The highest BCUT2D eigenvalue weighted by molar-refractivity contribution is 7.92. The fourth-order valence-electron chi connectivity index (χ4n) is 9.89. The molecule has 0 amide bonds. The number of aliphatic imine (C=N–C) groups is 1. The Morgan fingerprint density at radius 1 is 0.707 bits per heavy atom. The maximum atomic E-state index is 14.4. The van der Waals surface area contributed by atoms with Crippen molar-refractivity contribution in [2.75, 3.05) is 52.5 Å². The minimum Gasteiger partial charge on any atom is -0.358 e. The van der Waals surface area contributed by atoms with E-state index < -0.39 is 69.1 Å². The summed E-state index contributed by atoms with van der Waals surface area (Å²) in [6, 6.07) is 13.3. The lowest BCUT2D eigenvalue weighted by molar-refractivity contribution is -0.120. The van der Waals surface area contributed by atoms with Gasteiger partial charge in [-0.25, -0.2) is 68.1 Å². The number of carbonyl (C=O) groups excluding carboxylic acids is 2. The van der Waals surface area contributed by atoms with Crippen LogP contribution in [0.15, 0.2) is 78.6 Å². The van der Waals surface area contributed by atoms with Crippen LogP contribution >= 0.6 is 0 Å². The molecule has 2 saturated carbocycles. The molecule has 1 saturated heterocycles. The number of ether oxygens (including phenoxy) is 1. The summed E-state index contributed by atoms with van der Waals surface area (Å²) in [4.78, 5) is 50.7. The molecule has 7 heterocycles. The molecule has 28 heteroatoms.